The fraction of sp³-hybridized carbons (Fsp3) is 0.588. The average Bonchev–Trinajstić information content (AvgIpc) is 3.05. The van der Waals surface area contributed by atoms with Gasteiger partial charge in [-0.05, 0) is 55.7 Å². The molecular formula is C17H24ClFN2O. The lowest BCUT2D eigenvalue weighted by Crippen LogP contribution is -2.46. The van der Waals surface area contributed by atoms with Gasteiger partial charge in [-0.2, -0.15) is 0 Å². The summed E-state index contributed by atoms with van der Waals surface area (Å²) in [6.07, 6.45) is 3.41. The third-order valence-electron chi connectivity index (χ3n) is 5.22. The number of nitrogens with zero attached hydrogens (tertiary/aromatic N) is 1. The molecule has 0 saturated heterocycles. The predicted molar refractivity (Wildman–Crippen MR) is 87.0 cm³/mol. The third kappa shape index (κ3) is 3.13. The second kappa shape index (κ2) is 6.97. The summed E-state index contributed by atoms with van der Waals surface area (Å²) in [5.74, 6) is 0.849. The molecule has 4 unspecified atom stereocenters. The average molecular weight is 327 g/mol. The van der Waals surface area contributed by atoms with Crippen LogP contribution in [0.15, 0.2) is 24.3 Å². The Hall–Kier alpha value is -1.13. The summed E-state index contributed by atoms with van der Waals surface area (Å²) < 4.78 is 13.3. The Morgan fingerprint density at radius 3 is 2.68 bits per heavy atom. The van der Waals surface area contributed by atoms with Crippen molar-refractivity contribution in [3.8, 4) is 0 Å². The van der Waals surface area contributed by atoms with E-state index in [0.717, 1.165) is 18.4 Å². The molecule has 0 heterocycles. The Labute approximate surface area is 137 Å². The standard InChI is InChI=1S/C17H23FN2O.ClH/c1-2-20(10-11-4-3-5-14(18)8-11)17(21)15-12-6-7-13(9-12)16(15)19;/h3-5,8,12-13,15-16H,2,6-7,9-10,19H2,1H3;1H. The SMILES string of the molecule is CCN(Cc1cccc(F)c1)C(=O)C1C2CCC(C2)C1N.Cl. The minimum absolute atomic E-state index is 0. The van der Waals surface area contributed by atoms with E-state index in [1.54, 1.807) is 6.07 Å². The maximum Gasteiger partial charge on any atom is 0.227 e. The van der Waals surface area contributed by atoms with E-state index < -0.39 is 0 Å². The van der Waals surface area contributed by atoms with Gasteiger partial charge >= 0.3 is 0 Å². The smallest absolute Gasteiger partial charge is 0.227 e. The highest BCUT2D eigenvalue weighted by atomic mass is 35.5. The molecule has 122 valence electrons. The molecule has 5 heteroatoms. The number of benzene rings is 1. The second-order valence-corrected chi connectivity index (χ2v) is 6.42. The molecule has 2 aliphatic carbocycles. The van der Waals surface area contributed by atoms with E-state index in [9.17, 15) is 9.18 Å². The van der Waals surface area contributed by atoms with Crippen LogP contribution in [0.1, 0.15) is 31.7 Å². The summed E-state index contributed by atoms with van der Waals surface area (Å²) in [4.78, 5) is 14.6. The molecule has 1 aromatic carbocycles. The molecule has 3 rings (SSSR count). The summed E-state index contributed by atoms with van der Waals surface area (Å²) in [7, 11) is 0. The van der Waals surface area contributed by atoms with Crippen LogP contribution in [0.2, 0.25) is 0 Å². The Balaban J connectivity index is 0.00000176. The number of hydrogen-bond donors (Lipinski definition) is 1. The van der Waals surface area contributed by atoms with Crippen LogP contribution < -0.4 is 5.73 Å². The number of carbonyl (C=O) groups is 1. The van der Waals surface area contributed by atoms with Crippen molar-refractivity contribution in [2.45, 2.75) is 38.8 Å². The maximum absolute atomic E-state index is 13.3. The first-order valence-corrected chi connectivity index (χ1v) is 7.89. The van der Waals surface area contributed by atoms with Crippen molar-refractivity contribution in [1.82, 2.24) is 4.90 Å². The lowest BCUT2D eigenvalue weighted by atomic mass is 9.84. The molecule has 4 atom stereocenters. The van der Waals surface area contributed by atoms with Gasteiger partial charge in [0.2, 0.25) is 5.91 Å². The Bertz CT molecular complexity index is 537. The molecule has 2 saturated carbocycles. The van der Waals surface area contributed by atoms with Gasteiger partial charge in [0.25, 0.3) is 0 Å². The van der Waals surface area contributed by atoms with Crippen molar-refractivity contribution in [2.24, 2.45) is 23.5 Å². The van der Waals surface area contributed by atoms with E-state index in [1.807, 2.05) is 17.9 Å². The Kier molecular flexibility index (Phi) is 5.45. The van der Waals surface area contributed by atoms with Crippen LogP contribution in [0.4, 0.5) is 4.39 Å². The van der Waals surface area contributed by atoms with Gasteiger partial charge in [0, 0.05) is 19.1 Å². The normalized spacial score (nSPS) is 29.2. The van der Waals surface area contributed by atoms with Gasteiger partial charge in [-0.25, -0.2) is 4.39 Å². The first-order chi connectivity index (χ1) is 10.1. The van der Waals surface area contributed by atoms with Crippen LogP contribution in [0.3, 0.4) is 0 Å². The molecule has 0 aliphatic heterocycles. The molecule has 0 radical (unpaired) electrons. The van der Waals surface area contributed by atoms with E-state index in [2.05, 4.69) is 0 Å². The second-order valence-electron chi connectivity index (χ2n) is 6.42. The molecule has 1 amide bonds. The fourth-order valence-corrected chi connectivity index (χ4v) is 4.11. The number of amides is 1. The van der Waals surface area contributed by atoms with Gasteiger partial charge in [-0.15, -0.1) is 12.4 Å². The molecule has 2 aliphatic rings. The molecule has 0 spiro atoms. The minimum Gasteiger partial charge on any atom is -0.338 e. The maximum atomic E-state index is 13.3. The van der Waals surface area contributed by atoms with Crippen molar-refractivity contribution in [3.05, 3.63) is 35.6 Å². The summed E-state index contributed by atoms with van der Waals surface area (Å²) in [6.45, 7) is 3.07. The van der Waals surface area contributed by atoms with Crippen LogP contribution in [-0.2, 0) is 11.3 Å². The van der Waals surface area contributed by atoms with Crippen molar-refractivity contribution in [2.75, 3.05) is 6.54 Å². The molecular weight excluding hydrogens is 303 g/mol. The van der Waals surface area contributed by atoms with Crippen LogP contribution in [0, 0.1) is 23.6 Å². The minimum atomic E-state index is -0.257. The number of halogens is 2. The fourth-order valence-electron chi connectivity index (χ4n) is 4.11. The lowest BCUT2D eigenvalue weighted by molar-refractivity contribution is -0.138. The number of fused-ring (bicyclic) bond motifs is 2. The first kappa shape index (κ1) is 17.2. The molecule has 2 N–H and O–H groups in total. The lowest BCUT2D eigenvalue weighted by Gasteiger charge is -2.32. The van der Waals surface area contributed by atoms with Gasteiger partial charge in [0.05, 0.1) is 5.92 Å². The summed E-state index contributed by atoms with van der Waals surface area (Å²) in [5, 5.41) is 0. The number of carbonyl (C=O) groups excluding carboxylic acids is 1. The molecule has 0 aromatic heterocycles. The van der Waals surface area contributed by atoms with E-state index in [0.29, 0.717) is 24.9 Å². The number of nitrogens with two attached hydrogens (primary N) is 1. The molecule has 3 nitrogen and oxygen atoms in total. The molecule has 2 fully saturated rings. The highest BCUT2D eigenvalue weighted by Gasteiger charge is 2.49. The molecule has 22 heavy (non-hydrogen) atoms. The third-order valence-corrected chi connectivity index (χ3v) is 5.22. The van der Waals surface area contributed by atoms with E-state index in [4.69, 9.17) is 5.73 Å². The molecule has 2 bridgehead atoms. The van der Waals surface area contributed by atoms with E-state index in [-0.39, 0.29) is 36.1 Å². The zero-order valence-electron chi connectivity index (χ0n) is 12.9. The van der Waals surface area contributed by atoms with Gasteiger partial charge in [0.15, 0.2) is 0 Å². The van der Waals surface area contributed by atoms with Crippen molar-refractivity contribution >= 4 is 18.3 Å². The van der Waals surface area contributed by atoms with E-state index in [1.165, 1.54) is 18.6 Å². The summed E-state index contributed by atoms with van der Waals surface area (Å²) in [6, 6.07) is 6.48. The quantitative estimate of drug-likeness (QED) is 0.924. The van der Waals surface area contributed by atoms with Crippen LogP contribution in [0.5, 0.6) is 0 Å². The predicted octanol–water partition coefficient (Wildman–Crippen LogP) is 2.97. The van der Waals surface area contributed by atoms with Crippen molar-refractivity contribution < 1.29 is 9.18 Å². The van der Waals surface area contributed by atoms with E-state index >= 15 is 0 Å². The van der Waals surface area contributed by atoms with Gasteiger partial charge in [-0.1, -0.05) is 12.1 Å². The van der Waals surface area contributed by atoms with Crippen LogP contribution >= 0.6 is 12.4 Å². The van der Waals surface area contributed by atoms with Crippen LogP contribution in [-0.4, -0.2) is 23.4 Å². The number of rotatable bonds is 4. The monoisotopic (exact) mass is 326 g/mol. The zero-order chi connectivity index (χ0) is 15.0. The van der Waals surface area contributed by atoms with Gasteiger partial charge < -0.3 is 10.6 Å². The first-order valence-electron chi connectivity index (χ1n) is 7.89. The summed E-state index contributed by atoms with van der Waals surface area (Å²) in [5.41, 5.74) is 7.10. The zero-order valence-corrected chi connectivity index (χ0v) is 13.7. The highest BCUT2D eigenvalue weighted by molar-refractivity contribution is 5.85. The van der Waals surface area contributed by atoms with Crippen molar-refractivity contribution in [1.29, 1.82) is 0 Å². The summed E-state index contributed by atoms with van der Waals surface area (Å²) >= 11 is 0. The van der Waals surface area contributed by atoms with Crippen LogP contribution in [0.25, 0.3) is 0 Å². The largest absolute Gasteiger partial charge is 0.338 e. The molecule has 1 aromatic rings. The topological polar surface area (TPSA) is 46.3 Å². The Morgan fingerprint density at radius 1 is 1.36 bits per heavy atom. The Morgan fingerprint density at radius 2 is 2.09 bits per heavy atom. The highest BCUT2D eigenvalue weighted by Crippen LogP contribution is 2.48. The van der Waals surface area contributed by atoms with Gasteiger partial charge in [0.1, 0.15) is 5.82 Å². The van der Waals surface area contributed by atoms with Crippen molar-refractivity contribution in [3.63, 3.8) is 0 Å². The number of hydrogen-bond acceptors (Lipinski definition) is 2. The van der Waals surface area contributed by atoms with Gasteiger partial charge in [-0.3, -0.25) is 4.79 Å².